The van der Waals surface area contributed by atoms with Crippen LogP contribution in [0.25, 0.3) is 145 Å². The summed E-state index contributed by atoms with van der Waals surface area (Å²) in [5, 5.41) is 83.9. The molecule has 0 fully saturated rings. The minimum atomic E-state index is -4.88. The number of aromatic nitrogens is 5. The third kappa shape index (κ3) is 10.6. The average molecular weight is 1290 g/mol. The molecule has 0 saturated carbocycles. The van der Waals surface area contributed by atoms with Crippen molar-refractivity contribution in [3.8, 4) is 150 Å². The first-order valence-corrected chi connectivity index (χ1v) is 31.0. The van der Waals surface area contributed by atoms with Gasteiger partial charge in [0.2, 0.25) is 0 Å². The van der Waals surface area contributed by atoms with E-state index in [1.54, 1.807) is 77.4 Å². The Balaban J connectivity index is 1.06. The van der Waals surface area contributed by atoms with Gasteiger partial charge in [0.1, 0.15) is 0 Å². The van der Waals surface area contributed by atoms with Crippen LogP contribution in [0.15, 0.2) is 243 Å². The van der Waals surface area contributed by atoms with Gasteiger partial charge >= 0.3 is 6.18 Å². The predicted molar refractivity (Wildman–Crippen MR) is 375 cm³/mol. The van der Waals surface area contributed by atoms with Gasteiger partial charge in [-0.25, -0.2) is 15.0 Å². The molecule has 0 aliphatic rings. The molecule has 0 N–H and O–H groups in total. The number of rotatable bonds is 10. The summed E-state index contributed by atoms with van der Waals surface area (Å²) in [6.07, 6.45) is -4.88. The van der Waals surface area contributed by atoms with Crippen molar-refractivity contribution < 1.29 is 13.2 Å². The van der Waals surface area contributed by atoms with Crippen LogP contribution in [0, 0.1) is 90.6 Å². The number of nitriles is 8. The minimum absolute atomic E-state index is 0.0894. The second kappa shape index (κ2) is 24.7. The maximum absolute atomic E-state index is 15.9. The van der Waals surface area contributed by atoms with E-state index in [9.17, 15) is 42.1 Å². The van der Waals surface area contributed by atoms with Gasteiger partial charge in [0.05, 0.1) is 132 Å². The molecule has 12 aromatic carbocycles. The fourth-order valence-electron chi connectivity index (χ4n) is 13.2. The monoisotopic (exact) mass is 1290 g/mol. The molecule has 0 aliphatic heterocycles. The third-order valence-electron chi connectivity index (χ3n) is 17.9. The summed E-state index contributed by atoms with van der Waals surface area (Å²) in [6, 6.07) is 87.0. The molecule has 100 heavy (non-hydrogen) atoms. The first-order valence-electron chi connectivity index (χ1n) is 31.0. The van der Waals surface area contributed by atoms with Gasteiger partial charge in [-0.3, -0.25) is 0 Å². The van der Waals surface area contributed by atoms with Crippen molar-refractivity contribution in [2.24, 2.45) is 0 Å². The van der Waals surface area contributed by atoms with Crippen LogP contribution in [0.2, 0.25) is 0 Å². The fourth-order valence-corrected chi connectivity index (χ4v) is 13.2. The third-order valence-corrected chi connectivity index (χ3v) is 17.9. The zero-order valence-corrected chi connectivity index (χ0v) is 52.0. The number of hydrogen-bond donors (Lipinski definition) is 0. The van der Waals surface area contributed by atoms with Crippen LogP contribution in [0.4, 0.5) is 13.2 Å². The highest BCUT2D eigenvalue weighted by molar-refractivity contribution is 6.14. The quantitative estimate of drug-likeness (QED) is 0.125. The van der Waals surface area contributed by atoms with Gasteiger partial charge in [-0.15, -0.1) is 0 Å². The lowest BCUT2D eigenvalue weighted by Crippen LogP contribution is -2.08. The van der Waals surface area contributed by atoms with E-state index in [4.69, 9.17) is 15.0 Å². The van der Waals surface area contributed by atoms with E-state index >= 15 is 13.2 Å². The van der Waals surface area contributed by atoms with Crippen LogP contribution in [0.1, 0.15) is 50.1 Å². The molecule has 0 atom stereocenters. The van der Waals surface area contributed by atoms with E-state index < -0.39 is 11.7 Å². The predicted octanol–water partition coefficient (Wildman–Crippen LogP) is 19.4. The Morgan fingerprint density at radius 3 is 0.910 bits per heavy atom. The molecule has 0 saturated heterocycles. The molecule has 15 aromatic rings. The highest BCUT2D eigenvalue weighted by Gasteiger charge is 2.33. The molecule has 15 rings (SSSR count). The molecule has 16 heteroatoms. The second-order valence-electron chi connectivity index (χ2n) is 23.5. The summed E-state index contributed by atoms with van der Waals surface area (Å²) >= 11 is 0. The van der Waals surface area contributed by atoms with Crippen molar-refractivity contribution in [1.29, 1.82) is 42.1 Å². The molecule has 13 nitrogen and oxygen atoms in total. The Morgan fingerprint density at radius 1 is 0.260 bits per heavy atom. The van der Waals surface area contributed by atoms with E-state index in [1.807, 2.05) is 132 Å². The van der Waals surface area contributed by atoms with Crippen LogP contribution in [0.5, 0.6) is 0 Å². The Labute approximate surface area is 568 Å². The van der Waals surface area contributed by atoms with Crippen LogP contribution in [0.3, 0.4) is 0 Å². The van der Waals surface area contributed by atoms with Crippen LogP contribution in [-0.4, -0.2) is 24.1 Å². The van der Waals surface area contributed by atoms with Gasteiger partial charge in [-0.05, 0) is 172 Å². The normalized spacial score (nSPS) is 11.1. The number of hydrogen-bond acceptors (Lipinski definition) is 11. The molecule has 0 spiro atoms. The van der Waals surface area contributed by atoms with Gasteiger partial charge in [0, 0.05) is 49.4 Å². The summed E-state index contributed by atoms with van der Waals surface area (Å²) in [5.74, 6) is 0.961. The van der Waals surface area contributed by atoms with E-state index in [0.29, 0.717) is 144 Å². The molecule has 0 radical (unpaired) electrons. The molecule has 3 aromatic heterocycles. The lowest BCUT2D eigenvalue weighted by molar-refractivity contribution is -0.137. The molecule has 462 valence electrons. The molecule has 0 aliphatic carbocycles. The Hall–Kier alpha value is -15.0. The van der Waals surface area contributed by atoms with Gasteiger partial charge < -0.3 is 9.13 Å². The Morgan fingerprint density at radius 2 is 0.580 bits per heavy atom. The lowest BCUT2D eigenvalue weighted by atomic mass is 9.95. The standard InChI is InChI=1S/C84H40F3N13/c85-84(86,87)64-20-25-69(80(40-64)100-78-28-17-57(67-23-13-51(43-90)33-62(67)47-94)37-73(78)74-38-58(18-29-79(74)100)68-24-14-52(44-91)34-63(68)48-95)70-39-59(83-97-81(53-7-3-1-4-8-53)96-82(98-83)54-9-5-2-6-10-54)19-30-75(70)99-76-26-15-55(65-21-11-49(41-88)31-60(65)45-92)35-71(76)72-36-56(16-27-77(72)99)66-22-12-50(42-89)32-61(66)46-93/h1-40H. The van der Waals surface area contributed by atoms with Crippen molar-refractivity contribution >= 4 is 43.6 Å². The topological polar surface area (TPSA) is 239 Å². The molecule has 0 amide bonds. The highest BCUT2D eigenvalue weighted by Crippen LogP contribution is 2.47. The molecule has 3 heterocycles. The fraction of sp³-hybridized carbons (Fsp3) is 0.0119. The number of halogens is 3. The first-order chi connectivity index (χ1) is 48.8. The first kappa shape index (κ1) is 61.2. The van der Waals surface area contributed by atoms with Gasteiger partial charge in [-0.2, -0.15) is 55.3 Å². The van der Waals surface area contributed by atoms with Crippen LogP contribution >= 0.6 is 0 Å². The maximum atomic E-state index is 15.9. The number of alkyl halides is 3. The van der Waals surface area contributed by atoms with Gasteiger partial charge in [-0.1, -0.05) is 115 Å². The largest absolute Gasteiger partial charge is 0.416 e. The molecule has 0 bridgehead atoms. The van der Waals surface area contributed by atoms with E-state index in [2.05, 4.69) is 48.6 Å². The van der Waals surface area contributed by atoms with Crippen molar-refractivity contribution in [2.45, 2.75) is 6.18 Å². The summed E-state index contributed by atoms with van der Waals surface area (Å²) in [4.78, 5) is 15.2. The number of nitrogens with zero attached hydrogens (tertiary/aromatic N) is 13. The molecule has 0 unspecified atom stereocenters. The van der Waals surface area contributed by atoms with E-state index in [1.165, 1.54) is 30.3 Å². The van der Waals surface area contributed by atoms with Gasteiger partial charge in [0.15, 0.2) is 17.5 Å². The minimum Gasteiger partial charge on any atom is -0.309 e. The van der Waals surface area contributed by atoms with Crippen LogP contribution in [-0.2, 0) is 6.18 Å². The van der Waals surface area contributed by atoms with Gasteiger partial charge in [0.25, 0.3) is 0 Å². The average Bonchev–Trinajstić information content (AvgIpc) is 1.53. The van der Waals surface area contributed by atoms with Crippen molar-refractivity contribution in [1.82, 2.24) is 24.1 Å². The van der Waals surface area contributed by atoms with Crippen molar-refractivity contribution in [3.63, 3.8) is 0 Å². The SMILES string of the molecule is N#Cc1ccc(-c2ccc3c(c2)c2cc(-c4ccc(C#N)cc4C#N)ccc2n3-c2ccc(-c3nc(-c4ccccc4)nc(-c4ccccc4)n3)cc2-c2ccc(C(F)(F)F)cc2-n2c3ccc(-c4ccc(C#N)cc4C#N)cc3c3cc(-c4ccc(C#N)cc4C#N)ccc32)c(C#N)c1. The summed E-state index contributed by atoms with van der Waals surface area (Å²) < 4.78 is 51.4. The summed E-state index contributed by atoms with van der Waals surface area (Å²) in [5.41, 5.74) is 11.0. The smallest absolute Gasteiger partial charge is 0.309 e. The van der Waals surface area contributed by atoms with E-state index in [-0.39, 0.29) is 44.9 Å². The Bertz CT molecular complexity index is 6060. The number of benzene rings is 12. The molecular formula is C84H40F3N13. The maximum Gasteiger partial charge on any atom is 0.416 e. The van der Waals surface area contributed by atoms with E-state index in [0.717, 1.165) is 12.1 Å². The molecular weight excluding hydrogens is 1250 g/mol. The Kier molecular flexibility index (Phi) is 15.1. The number of fused-ring (bicyclic) bond motifs is 6. The zero-order valence-electron chi connectivity index (χ0n) is 52.0. The summed E-state index contributed by atoms with van der Waals surface area (Å²) in [6.45, 7) is 0. The summed E-state index contributed by atoms with van der Waals surface area (Å²) in [7, 11) is 0. The lowest BCUT2D eigenvalue weighted by Gasteiger charge is -2.21. The highest BCUT2D eigenvalue weighted by atomic mass is 19.4. The zero-order chi connectivity index (χ0) is 68.9. The van der Waals surface area contributed by atoms with Crippen LogP contribution < -0.4 is 0 Å². The van der Waals surface area contributed by atoms with Crippen molar-refractivity contribution in [3.05, 3.63) is 293 Å². The van der Waals surface area contributed by atoms with Crippen molar-refractivity contribution in [2.75, 3.05) is 0 Å². The second-order valence-corrected chi connectivity index (χ2v) is 23.5.